The van der Waals surface area contributed by atoms with Crippen LogP contribution in [0.1, 0.15) is 28.2 Å². The van der Waals surface area contributed by atoms with Crippen molar-refractivity contribution in [2.24, 2.45) is 22.9 Å². The number of benzene rings is 5. The van der Waals surface area contributed by atoms with Crippen LogP contribution < -0.4 is 14.5 Å². The minimum Gasteiger partial charge on any atom is -0.497 e. The average molecular weight is 591 g/mol. The molecule has 6 heteroatoms. The molecule has 2 heterocycles. The molecule has 45 heavy (non-hydrogen) atoms. The van der Waals surface area contributed by atoms with Crippen LogP contribution >= 0.6 is 0 Å². The minimum atomic E-state index is -0.708. The van der Waals surface area contributed by atoms with Gasteiger partial charge in [-0.05, 0) is 53.3 Å². The number of hydrogen-bond acceptors (Lipinski definition) is 5. The zero-order valence-electron chi connectivity index (χ0n) is 24.9. The van der Waals surface area contributed by atoms with E-state index in [2.05, 4.69) is 12.1 Å². The summed E-state index contributed by atoms with van der Waals surface area (Å²) in [6.07, 6.45) is 2.13. The van der Waals surface area contributed by atoms with Crippen molar-refractivity contribution in [1.82, 2.24) is 0 Å². The molecule has 0 saturated heterocycles. The Labute approximate surface area is 261 Å². The van der Waals surface area contributed by atoms with Crippen LogP contribution in [0.15, 0.2) is 126 Å². The first kappa shape index (κ1) is 27.1. The quantitative estimate of drug-likeness (QED) is 0.160. The van der Waals surface area contributed by atoms with Crippen LogP contribution in [0.25, 0.3) is 16.3 Å². The van der Waals surface area contributed by atoms with Crippen molar-refractivity contribution < 1.29 is 19.1 Å². The highest BCUT2D eigenvalue weighted by atomic mass is 16.5. The minimum absolute atomic E-state index is 0.157. The number of nitrogens with zero attached hydrogens (tertiary/aromatic N) is 2. The molecule has 1 amide bonds. The van der Waals surface area contributed by atoms with Crippen LogP contribution in [-0.2, 0) is 9.59 Å². The predicted molar refractivity (Wildman–Crippen MR) is 175 cm³/mol. The smallest absolute Gasteiger partial charge is 0.319 e. The second kappa shape index (κ2) is 10.6. The van der Waals surface area contributed by atoms with Crippen LogP contribution in [0.5, 0.6) is 11.5 Å². The standard InChI is InChI=1S/C39H30N2O4/c1-23-12-14-26(15-13-23)36-35-33(38(42)41(40-36)27-9-4-3-5-10-27)31(25-16-19-28(44-2)20-17-25)22-32-30-21-18-24-8-6-7-11-29(24)37(30)45-39(43)34(32)35/h3-22,31,33-35H,1-2H3. The Morgan fingerprint density at radius 2 is 1.51 bits per heavy atom. The number of hydrazone groups is 1. The lowest BCUT2D eigenvalue weighted by Gasteiger charge is -2.46. The highest BCUT2D eigenvalue weighted by Gasteiger charge is 2.55. The molecule has 2 aliphatic heterocycles. The number of allylic oxidation sites excluding steroid dienone is 1. The summed E-state index contributed by atoms with van der Waals surface area (Å²) in [5.41, 5.74) is 6.06. The molecule has 1 aliphatic carbocycles. The first-order valence-corrected chi connectivity index (χ1v) is 15.2. The van der Waals surface area contributed by atoms with E-state index in [1.165, 1.54) is 5.01 Å². The lowest BCUT2D eigenvalue weighted by Crippen LogP contribution is -2.54. The van der Waals surface area contributed by atoms with Crippen molar-refractivity contribution in [2.45, 2.75) is 12.8 Å². The molecule has 0 spiro atoms. The molecule has 8 rings (SSSR count). The van der Waals surface area contributed by atoms with Gasteiger partial charge in [0.05, 0.1) is 30.3 Å². The van der Waals surface area contributed by atoms with Crippen molar-refractivity contribution in [3.63, 3.8) is 0 Å². The van der Waals surface area contributed by atoms with Gasteiger partial charge in [-0.3, -0.25) is 9.59 Å². The Kier molecular flexibility index (Phi) is 6.38. The third-order valence-corrected chi connectivity index (χ3v) is 9.34. The number of carbonyl (C=O) groups excluding carboxylic acids is 2. The highest BCUT2D eigenvalue weighted by Crippen LogP contribution is 2.55. The number of carbonyl (C=O) groups is 2. The number of rotatable bonds is 4. The fraction of sp³-hybridized carbons (Fsp3) is 0.154. The molecular weight excluding hydrogens is 560 g/mol. The lowest BCUT2D eigenvalue weighted by molar-refractivity contribution is -0.140. The number of hydrogen-bond donors (Lipinski definition) is 0. The normalized spacial score (nSPS) is 22.0. The van der Waals surface area contributed by atoms with Gasteiger partial charge < -0.3 is 9.47 Å². The summed E-state index contributed by atoms with van der Waals surface area (Å²) >= 11 is 0. The van der Waals surface area contributed by atoms with Crippen molar-refractivity contribution in [3.8, 4) is 11.5 Å². The zero-order chi connectivity index (χ0) is 30.7. The maximum absolute atomic E-state index is 14.7. The molecule has 0 bridgehead atoms. The van der Waals surface area contributed by atoms with Crippen LogP contribution in [0.3, 0.4) is 0 Å². The molecule has 0 N–H and O–H groups in total. The van der Waals surface area contributed by atoms with Crippen molar-refractivity contribution in [1.29, 1.82) is 0 Å². The van der Waals surface area contributed by atoms with E-state index < -0.39 is 17.8 Å². The molecule has 3 aliphatic rings. The molecule has 5 aromatic rings. The van der Waals surface area contributed by atoms with Gasteiger partial charge in [-0.15, -0.1) is 0 Å². The fourth-order valence-electron chi connectivity index (χ4n) is 7.16. The van der Waals surface area contributed by atoms with Gasteiger partial charge in [-0.1, -0.05) is 103 Å². The number of esters is 1. The number of ether oxygens (including phenoxy) is 2. The number of aryl methyl sites for hydroxylation is 1. The number of amides is 1. The van der Waals surface area contributed by atoms with Gasteiger partial charge in [0.25, 0.3) is 5.91 Å². The topological polar surface area (TPSA) is 68.2 Å². The van der Waals surface area contributed by atoms with Crippen LogP contribution in [0.4, 0.5) is 5.69 Å². The third kappa shape index (κ3) is 4.36. The van der Waals surface area contributed by atoms with Gasteiger partial charge in [0.2, 0.25) is 0 Å². The van der Waals surface area contributed by atoms with E-state index in [4.69, 9.17) is 14.6 Å². The molecule has 220 valence electrons. The number of para-hydroxylation sites is 1. The second-order valence-electron chi connectivity index (χ2n) is 11.9. The molecule has 4 unspecified atom stereocenters. The Morgan fingerprint density at radius 3 is 2.27 bits per heavy atom. The van der Waals surface area contributed by atoms with Gasteiger partial charge in [0.15, 0.2) is 0 Å². The first-order valence-electron chi connectivity index (χ1n) is 15.2. The summed E-state index contributed by atoms with van der Waals surface area (Å²) in [6.45, 7) is 2.04. The Balaban J connectivity index is 1.39. The van der Waals surface area contributed by atoms with E-state index in [0.29, 0.717) is 17.1 Å². The number of anilines is 1. The number of methoxy groups -OCH3 is 1. The summed E-state index contributed by atoms with van der Waals surface area (Å²) in [5, 5.41) is 8.44. The third-order valence-electron chi connectivity index (χ3n) is 9.34. The monoisotopic (exact) mass is 590 g/mol. The van der Waals surface area contributed by atoms with Gasteiger partial charge in [0, 0.05) is 22.8 Å². The Hall–Kier alpha value is -5.49. The highest BCUT2D eigenvalue weighted by molar-refractivity contribution is 6.16. The SMILES string of the molecule is COc1ccc(C2C=C3c4ccc5ccccc5c4OC(=O)C3C3C(c4ccc(C)cc4)=NN(c4ccccc4)C(=O)C23)cc1. The maximum Gasteiger partial charge on any atom is 0.319 e. The zero-order valence-corrected chi connectivity index (χ0v) is 24.9. The van der Waals surface area contributed by atoms with Crippen LogP contribution in [-0.4, -0.2) is 24.7 Å². The van der Waals surface area contributed by atoms with Gasteiger partial charge in [-0.25, -0.2) is 5.01 Å². The van der Waals surface area contributed by atoms with Crippen molar-refractivity contribution in [2.75, 3.05) is 12.1 Å². The fourth-order valence-corrected chi connectivity index (χ4v) is 7.16. The van der Waals surface area contributed by atoms with E-state index >= 15 is 0 Å². The summed E-state index contributed by atoms with van der Waals surface area (Å²) in [7, 11) is 1.64. The summed E-state index contributed by atoms with van der Waals surface area (Å²) in [5.74, 6) is -1.45. The lowest BCUT2D eigenvalue weighted by atomic mass is 9.60. The molecule has 6 nitrogen and oxygen atoms in total. The van der Waals surface area contributed by atoms with E-state index in [-0.39, 0.29) is 17.8 Å². The van der Waals surface area contributed by atoms with Crippen molar-refractivity contribution in [3.05, 3.63) is 144 Å². The Morgan fingerprint density at radius 1 is 0.778 bits per heavy atom. The molecule has 0 saturated carbocycles. The van der Waals surface area contributed by atoms with E-state index in [1.807, 2.05) is 116 Å². The molecule has 4 atom stereocenters. The second-order valence-corrected chi connectivity index (χ2v) is 11.9. The molecule has 0 radical (unpaired) electrons. The average Bonchev–Trinajstić information content (AvgIpc) is 3.09. The van der Waals surface area contributed by atoms with Gasteiger partial charge >= 0.3 is 5.97 Å². The van der Waals surface area contributed by atoms with Gasteiger partial charge in [-0.2, -0.15) is 5.10 Å². The van der Waals surface area contributed by atoms with E-state index in [1.54, 1.807) is 7.11 Å². The molecule has 0 aromatic heterocycles. The molecular formula is C39H30N2O4. The summed E-state index contributed by atoms with van der Waals surface area (Å²) in [4.78, 5) is 29.0. The maximum atomic E-state index is 14.7. The molecule has 0 fully saturated rings. The predicted octanol–water partition coefficient (Wildman–Crippen LogP) is 7.56. The van der Waals surface area contributed by atoms with Crippen molar-refractivity contribution >= 4 is 39.6 Å². The van der Waals surface area contributed by atoms with Crippen LogP contribution in [0.2, 0.25) is 0 Å². The number of fused-ring (bicyclic) bond motifs is 7. The largest absolute Gasteiger partial charge is 0.497 e. The Bertz CT molecular complexity index is 2030. The van der Waals surface area contributed by atoms with E-state index in [9.17, 15) is 9.59 Å². The first-order chi connectivity index (χ1) is 22.0. The molecule has 5 aromatic carbocycles. The summed E-state index contributed by atoms with van der Waals surface area (Å²) in [6, 6.07) is 37.5. The summed E-state index contributed by atoms with van der Waals surface area (Å²) < 4.78 is 11.7. The van der Waals surface area contributed by atoms with Gasteiger partial charge in [0.1, 0.15) is 11.5 Å². The van der Waals surface area contributed by atoms with E-state index in [0.717, 1.165) is 44.3 Å². The van der Waals surface area contributed by atoms with Crippen LogP contribution in [0, 0.1) is 24.7 Å².